The average Bonchev–Trinajstić information content (AvgIpc) is 3.29. The van der Waals surface area contributed by atoms with E-state index in [9.17, 15) is 14.7 Å². The van der Waals surface area contributed by atoms with Crippen molar-refractivity contribution >= 4 is 22.8 Å². The molecular formula is C30H32N4O3. The second kappa shape index (κ2) is 11.0. The summed E-state index contributed by atoms with van der Waals surface area (Å²) in [5.74, 6) is -0.195. The number of nitrogens with one attached hydrogen (secondary N) is 1. The zero-order chi connectivity index (χ0) is 25.8. The van der Waals surface area contributed by atoms with E-state index in [0.717, 1.165) is 47.8 Å². The van der Waals surface area contributed by atoms with Gasteiger partial charge in [0.1, 0.15) is 18.5 Å². The van der Waals surface area contributed by atoms with Crippen molar-refractivity contribution in [2.45, 2.75) is 50.8 Å². The van der Waals surface area contributed by atoms with E-state index in [-0.39, 0.29) is 24.3 Å². The second-order valence-electron chi connectivity index (χ2n) is 9.75. The van der Waals surface area contributed by atoms with Crippen LogP contribution in [0.2, 0.25) is 0 Å². The van der Waals surface area contributed by atoms with Crippen LogP contribution in [-0.4, -0.2) is 26.5 Å². The minimum Gasteiger partial charge on any atom is -0.388 e. The van der Waals surface area contributed by atoms with E-state index >= 15 is 0 Å². The molecule has 5 rings (SSSR count). The first-order valence-electron chi connectivity index (χ1n) is 12.8. The van der Waals surface area contributed by atoms with Gasteiger partial charge in [-0.15, -0.1) is 0 Å². The number of hydrogen-bond acceptors (Lipinski definition) is 4. The number of rotatable bonds is 8. The molecule has 7 heteroatoms. The summed E-state index contributed by atoms with van der Waals surface area (Å²) in [5, 5.41) is 12.7. The van der Waals surface area contributed by atoms with E-state index in [1.54, 1.807) is 12.1 Å². The van der Waals surface area contributed by atoms with Crippen LogP contribution in [0.4, 0.5) is 0 Å². The summed E-state index contributed by atoms with van der Waals surface area (Å²) in [5.41, 5.74) is 10.4. The molecule has 0 bridgehead atoms. The molecule has 1 aromatic heterocycles. The number of nitrogens with zero attached hydrogens (tertiary/aromatic N) is 2. The number of carbonyl (C=O) groups is 2. The fourth-order valence-electron chi connectivity index (χ4n) is 5.53. The molecule has 0 aliphatic heterocycles. The van der Waals surface area contributed by atoms with Crippen LogP contribution >= 0.6 is 0 Å². The molecule has 0 saturated heterocycles. The lowest BCUT2D eigenvalue weighted by atomic mass is 9.74. The van der Waals surface area contributed by atoms with E-state index in [4.69, 9.17) is 5.73 Å². The molecule has 37 heavy (non-hydrogen) atoms. The molecule has 1 fully saturated rings. The molecule has 1 aliphatic rings. The molecule has 3 aromatic carbocycles. The van der Waals surface area contributed by atoms with Crippen LogP contribution in [-0.2, 0) is 22.7 Å². The van der Waals surface area contributed by atoms with Crippen molar-refractivity contribution in [2.75, 3.05) is 0 Å². The van der Waals surface area contributed by atoms with Crippen LogP contribution in [0.1, 0.15) is 60.2 Å². The van der Waals surface area contributed by atoms with Crippen LogP contribution in [0, 0.1) is 5.92 Å². The zero-order valence-corrected chi connectivity index (χ0v) is 20.7. The number of aliphatic hydroxyl groups is 1. The molecule has 4 N–H and O–H groups in total. The number of amides is 2. The van der Waals surface area contributed by atoms with Crippen molar-refractivity contribution in [3.8, 4) is 0 Å². The minimum absolute atomic E-state index is 0.0779. The largest absolute Gasteiger partial charge is 0.388 e. The smallest absolute Gasteiger partial charge is 0.244 e. The van der Waals surface area contributed by atoms with Crippen molar-refractivity contribution in [3.05, 3.63) is 101 Å². The van der Waals surface area contributed by atoms with Gasteiger partial charge >= 0.3 is 0 Å². The van der Waals surface area contributed by atoms with E-state index in [2.05, 4.69) is 34.6 Å². The molecule has 1 saturated carbocycles. The molecule has 4 aromatic rings. The van der Waals surface area contributed by atoms with Gasteiger partial charge in [0.15, 0.2) is 0 Å². The fraction of sp³-hybridized carbons (Fsp3) is 0.300. The number of fused-ring (bicyclic) bond motifs is 1. The number of nitrogens with two attached hydrogens (primary N) is 1. The predicted molar refractivity (Wildman–Crippen MR) is 142 cm³/mol. The minimum atomic E-state index is -0.843. The number of imidazole rings is 1. The molecule has 0 spiro atoms. The Balaban J connectivity index is 1.34. The molecule has 3 atom stereocenters. The van der Waals surface area contributed by atoms with Crippen molar-refractivity contribution in [2.24, 2.45) is 11.7 Å². The number of primary amides is 1. The van der Waals surface area contributed by atoms with Crippen LogP contribution in [0.25, 0.3) is 11.0 Å². The summed E-state index contributed by atoms with van der Waals surface area (Å²) < 4.78 is 2.04. The summed E-state index contributed by atoms with van der Waals surface area (Å²) in [6.07, 6.45) is 3.75. The second-order valence-corrected chi connectivity index (χ2v) is 9.75. The summed E-state index contributed by atoms with van der Waals surface area (Å²) >= 11 is 0. The SMILES string of the molecule is NC(=O)C(NC(=O)C1CCCCC1c1ccc(Cn2c(CO)nc3ccccc32)cc1)c1ccccc1. The van der Waals surface area contributed by atoms with E-state index in [1.807, 2.05) is 47.0 Å². The lowest BCUT2D eigenvalue weighted by Crippen LogP contribution is -2.42. The van der Waals surface area contributed by atoms with Gasteiger partial charge in [-0.25, -0.2) is 4.98 Å². The van der Waals surface area contributed by atoms with Crippen LogP contribution in [0.15, 0.2) is 78.9 Å². The molecule has 7 nitrogen and oxygen atoms in total. The standard InChI is InChI=1S/C30H32N4O3/c31-29(36)28(22-8-2-1-3-9-22)33-30(37)24-11-5-4-10-23(24)21-16-14-20(15-17-21)18-34-26-13-7-6-12-25(26)32-27(34)19-35/h1-3,6-9,12-17,23-24,28,35H,4-5,10-11,18-19H2,(H2,31,36)(H,33,37). The predicted octanol–water partition coefficient (Wildman–Crippen LogP) is 4.19. The monoisotopic (exact) mass is 496 g/mol. The van der Waals surface area contributed by atoms with Crippen molar-refractivity contribution in [3.63, 3.8) is 0 Å². The van der Waals surface area contributed by atoms with Crippen LogP contribution in [0.5, 0.6) is 0 Å². The van der Waals surface area contributed by atoms with Gasteiger partial charge in [-0.1, -0.05) is 79.6 Å². The first kappa shape index (κ1) is 24.7. The Bertz CT molecular complexity index is 1380. The summed E-state index contributed by atoms with van der Waals surface area (Å²) in [6.45, 7) is 0.476. The van der Waals surface area contributed by atoms with Crippen LogP contribution in [0.3, 0.4) is 0 Å². The Morgan fingerprint density at radius 1 is 0.973 bits per heavy atom. The van der Waals surface area contributed by atoms with Gasteiger partial charge in [-0.2, -0.15) is 0 Å². The number of para-hydroxylation sites is 2. The van der Waals surface area contributed by atoms with Gasteiger partial charge in [0.2, 0.25) is 11.8 Å². The van der Waals surface area contributed by atoms with Crippen molar-refractivity contribution in [1.29, 1.82) is 0 Å². The Morgan fingerprint density at radius 2 is 1.68 bits per heavy atom. The highest BCUT2D eigenvalue weighted by Gasteiger charge is 2.34. The number of carbonyl (C=O) groups excluding carboxylic acids is 2. The number of aromatic nitrogens is 2. The molecular weight excluding hydrogens is 464 g/mol. The number of benzene rings is 3. The van der Waals surface area contributed by atoms with Gasteiger partial charge in [0.25, 0.3) is 0 Å². The van der Waals surface area contributed by atoms with E-state index in [0.29, 0.717) is 17.9 Å². The third-order valence-corrected chi connectivity index (χ3v) is 7.43. The highest BCUT2D eigenvalue weighted by atomic mass is 16.3. The van der Waals surface area contributed by atoms with Crippen molar-refractivity contribution < 1.29 is 14.7 Å². The third-order valence-electron chi connectivity index (χ3n) is 7.43. The maximum Gasteiger partial charge on any atom is 0.244 e. The quantitative estimate of drug-likeness (QED) is 0.340. The summed E-state index contributed by atoms with van der Waals surface area (Å²) in [6, 6.07) is 24.5. The van der Waals surface area contributed by atoms with Gasteiger partial charge in [-0.3, -0.25) is 9.59 Å². The fourth-order valence-corrected chi connectivity index (χ4v) is 5.53. The molecule has 3 unspecified atom stereocenters. The lowest BCUT2D eigenvalue weighted by molar-refractivity contribution is -0.131. The maximum absolute atomic E-state index is 13.4. The number of hydrogen-bond donors (Lipinski definition) is 3. The first-order valence-corrected chi connectivity index (χ1v) is 12.8. The van der Waals surface area contributed by atoms with Gasteiger partial charge in [-0.05, 0) is 47.6 Å². The molecule has 0 radical (unpaired) electrons. The Hall–Kier alpha value is -3.97. The first-order chi connectivity index (χ1) is 18.0. The Morgan fingerprint density at radius 3 is 2.41 bits per heavy atom. The highest BCUT2D eigenvalue weighted by Crippen LogP contribution is 2.38. The Labute approximate surface area is 216 Å². The lowest BCUT2D eigenvalue weighted by Gasteiger charge is -2.32. The van der Waals surface area contributed by atoms with Gasteiger partial charge < -0.3 is 20.7 Å². The number of aliphatic hydroxyl groups excluding tert-OH is 1. The summed E-state index contributed by atoms with van der Waals surface area (Å²) in [7, 11) is 0. The summed E-state index contributed by atoms with van der Waals surface area (Å²) in [4.78, 5) is 30.1. The van der Waals surface area contributed by atoms with Crippen LogP contribution < -0.4 is 11.1 Å². The third kappa shape index (κ3) is 5.27. The normalized spacial score (nSPS) is 18.4. The van der Waals surface area contributed by atoms with Gasteiger partial charge in [0, 0.05) is 12.5 Å². The van der Waals surface area contributed by atoms with E-state index in [1.165, 1.54) is 0 Å². The molecule has 1 aliphatic carbocycles. The van der Waals surface area contributed by atoms with Crippen molar-refractivity contribution in [1.82, 2.24) is 14.9 Å². The molecule has 2 amide bonds. The molecule has 1 heterocycles. The van der Waals surface area contributed by atoms with E-state index < -0.39 is 11.9 Å². The average molecular weight is 497 g/mol. The Kier molecular flexibility index (Phi) is 7.32. The highest BCUT2D eigenvalue weighted by molar-refractivity contribution is 5.89. The molecule has 190 valence electrons. The maximum atomic E-state index is 13.4. The zero-order valence-electron chi connectivity index (χ0n) is 20.7. The van der Waals surface area contributed by atoms with Gasteiger partial charge in [0.05, 0.1) is 11.0 Å². The topological polar surface area (TPSA) is 110 Å².